The third-order valence-corrected chi connectivity index (χ3v) is 3.89. The summed E-state index contributed by atoms with van der Waals surface area (Å²) < 4.78 is 5.62. The molecule has 0 radical (unpaired) electrons. The van der Waals surface area contributed by atoms with Gasteiger partial charge in [0.1, 0.15) is 5.82 Å². The zero-order valence-corrected chi connectivity index (χ0v) is 11.8. The molecule has 1 unspecified atom stereocenters. The molecule has 1 aliphatic rings. The summed E-state index contributed by atoms with van der Waals surface area (Å²) in [4.78, 5) is 4.44. The monoisotopic (exact) mass is 267 g/mol. The molecule has 0 saturated carbocycles. The van der Waals surface area contributed by atoms with Gasteiger partial charge >= 0.3 is 0 Å². The molecule has 1 aromatic rings. The number of nitrogens with one attached hydrogen (secondary N) is 1. The highest BCUT2D eigenvalue weighted by molar-refractivity contribution is 7.99. The summed E-state index contributed by atoms with van der Waals surface area (Å²) in [5, 5.41) is 3.43. The highest BCUT2D eigenvalue weighted by Crippen LogP contribution is 2.24. The minimum atomic E-state index is 0.467. The molecule has 3 N–H and O–H groups in total. The quantitative estimate of drug-likeness (QED) is 0.858. The van der Waals surface area contributed by atoms with Crippen molar-refractivity contribution in [2.45, 2.75) is 26.3 Å². The standard InChI is InChI=1S/C13H21N3OS/c1-9(2)7-17-13-11(14)3-4-12(16-13)15-10-5-6-18-8-10/h3-4,9-10H,5-8,14H2,1-2H3,(H,15,16). The van der Waals surface area contributed by atoms with E-state index in [0.29, 0.717) is 30.1 Å². The summed E-state index contributed by atoms with van der Waals surface area (Å²) in [5.41, 5.74) is 6.46. The Morgan fingerprint density at radius 3 is 3.06 bits per heavy atom. The molecule has 1 aromatic heterocycles. The Morgan fingerprint density at radius 2 is 2.39 bits per heavy atom. The minimum Gasteiger partial charge on any atom is -0.476 e. The molecule has 1 saturated heterocycles. The molecule has 0 bridgehead atoms. The fourth-order valence-corrected chi connectivity index (χ4v) is 2.90. The Bertz CT molecular complexity index is 392. The highest BCUT2D eigenvalue weighted by Gasteiger charge is 2.16. The largest absolute Gasteiger partial charge is 0.476 e. The summed E-state index contributed by atoms with van der Waals surface area (Å²) >= 11 is 1.98. The molecule has 100 valence electrons. The van der Waals surface area contributed by atoms with Gasteiger partial charge in [0, 0.05) is 11.8 Å². The van der Waals surface area contributed by atoms with Crippen molar-refractivity contribution in [3.63, 3.8) is 0 Å². The van der Waals surface area contributed by atoms with Gasteiger partial charge in [0.25, 0.3) is 0 Å². The van der Waals surface area contributed by atoms with E-state index in [9.17, 15) is 0 Å². The van der Waals surface area contributed by atoms with Crippen LogP contribution in [0.1, 0.15) is 20.3 Å². The number of anilines is 2. The lowest BCUT2D eigenvalue weighted by atomic mass is 10.2. The van der Waals surface area contributed by atoms with Crippen molar-refractivity contribution in [3.05, 3.63) is 12.1 Å². The third kappa shape index (κ3) is 3.70. The average Bonchev–Trinajstić information content (AvgIpc) is 2.82. The Morgan fingerprint density at radius 1 is 1.56 bits per heavy atom. The molecular formula is C13H21N3OS. The maximum absolute atomic E-state index is 5.86. The Labute approximate surface area is 113 Å². The van der Waals surface area contributed by atoms with Crippen LogP contribution in [0.15, 0.2) is 12.1 Å². The van der Waals surface area contributed by atoms with Crippen molar-refractivity contribution in [1.82, 2.24) is 4.98 Å². The second kappa shape index (κ2) is 6.18. The van der Waals surface area contributed by atoms with Crippen LogP contribution < -0.4 is 15.8 Å². The molecule has 4 nitrogen and oxygen atoms in total. The second-order valence-corrected chi connectivity index (χ2v) is 6.15. The van der Waals surface area contributed by atoms with Crippen LogP contribution >= 0.6 is 11.8 Å². The van der Waals surface area contributed by atoms with Crippen LogP contribution in [0.3, 0.4) is 0 Å². The van der Waals surface area contributed by atoms with E-state index in [4.69, 9.17) is 10.5 Å². The van der Waals surface area contributed by atoms with E-state index in [-0.39, 0.29) is 0 Å². The van der Waals surface area contributed by atoms with Gasteiger partial charge in [-0.1, -0.05) is 13.8 Å². The zero-order valence-electron chi connectivity index (χ0n) is 11.0. The molecule has 1 atom stereocenters. The smallest absolute Gasteiger partial charge is 0.239 e. The number of ether oxygens (including phenoxy) is 1. The molecule has 0 aliphatic carbocycles. The molecule has 0 amide bonds. The first-order chi connectivity index (χ1) is 8.65. The van der Waals surface area contributed by atoms with Crippen molar-refractivity contribution in [2.75, 3.05) is 29.2 Å². The average molecular weight is 267 g/mol. The second-order valence-electron chi connectivity index (χ2n) is 5.00. The zero-order chi connectivity index (χ0) is 13.0. The SMILES string of the molecule is CC(C)COc1nc(NC2CCSC2)ccc1N. The molecule has 0 aromatic carbocycles. The highest BCUT2D eigenvalue weighted by atomic mass is 32.2. The van der Waals surface area contributed by atoms with Gasteiger partial charge in [-0.2, -0.15) is 16.7 Å². The molecule has 0 spiro atoms. The predicted molar refractivity (Wildman–Crippen MR) is 78.3 cm³/mol. The summed E-state index contributed by atoms with van der Waals surface area (Å²) in [6.45, 7) is 4.85. The van der Waals surface area contributed by atoms with E-state index >= 15 is 0 Å². The Hall–Kier alpha value is -1.10. The van der Waals surface area contributed by atoms with Gasteiger partial charge < -0.3 is 15.8 Å². The predicted octanol–water partition coefficient (Wildman–Crippen LogP) is 2.62. The minimum absolute atomic E-state index is 0.467. The van der Waals surface area contributed by atoms with Gasteiger partial charge in [0.05, 0.1) is 12.3 Å². The van der Waals surface area contributed by atoms with Crippen LogP contribution in [0, 0.1) is 5.92 Å². The number of nitrogens with zero attached hydrogens (tertiary/aromatic N) is 1. The number of hydrogen-bond donors (Lipinski definition) is 2. The first-order valence-electron chi connectivity index (χ1n) is 6.38. The molecule has 1 aliphatic heterocycles. The van der Waals surface area contributed by atoms with Crippen LogP contribution in [0.2, 0.25) is 0 Å². The molecular weight excluding hydrogens is 246 g/mol. The molecule has 2 heterocycles. The van der Waals surface area contributed by atoms with Crippen LogP contribution in [0.5, 0.6) is 5.88 Å². The maximum Gasteiger partial charge on any atom is 0.239 e. The van der Waals surface area contributed by atoms with Crippen LogP contribution in [0.25, 0.3) is 0 Å². The number of aromatic nitrogens is 1. The van der Waals surface area contributed by atoms with Crippen molar-refractivity contribution >= 4 is 23.3 Å². The lowest BCUT2D eigenvalue weighted by Crippen LogP contribution is -2.19. The van der Waals surface area contributed by atoms with Crippen LogP contribution in [0.4, 0.5) is 11.5 Å². The maximum atomic E-state index is 5.86. The van der Waals surface area contributed by atoms with Crippen molar-refractivity contribution in [3.8, 4) is 5.88 Å². The van der Waals surface area contributed by atoms with Gasteiger partial charge in [-0.3, -0.25) is 0 Å². The van der Waals surface area contributed by atoms with E-state index in [2.05, 4.69) is 24.1 Å². The van der Waals surface area contributed by atoms with E-state index < -0.39 is 0 Å². The fourth-order valence-electron chi connectivity index (χ4n) is 1.75. The summed E-state index contributed by atoms with van der Waals surface area (Å²) in [6.07, 6.45) is 1.19. The molecule has 5 heteroatoms. The normalized spacial score (nSPS) is 19.2. The topological polar surface area (TPSA) is 60.2 Å². The molecule has 2 rings (SSSR count). The van der Waals surface area contributed by atoms with Gasteiger partial charge in [0.2, 0.25) is 5.88 Å². The Kier molecular flexibility index (Phi) is 4.58. The lowest BCUT2D eigenvalue weighted by molar-refractivity contribution is 0.263. The van der Waals surface area contributed by atoms with Crippen LogP contribution in [-0.4, -0.2) is 29.1 Å². The van der Waals surface area contributed by atoms with Gasteiger partial charge in [0.15, 0.2) is 0 Å². The lowest BCUT2D eigenvalue weighted by Gasteiger charge is -2.15. The van der Waals surface area contributed by atoms with E-state index in [0.717, 1.165) is 11.6 Å². The van der Waals surface area contributed by atoms with Crippen molar-refractivity contribution < 1.29 is 4.74 Å². The summed E-state index contributed by atoms with van der Waals surface area (Å²) in [7, 11) is 0. The third-order valence-electron chi connectivity index (χ3n) is 2.72. The number of hydrogen-bond acceptors (Lipinski definition) is 5. The van der Waals surface area contributed by atoms with Crippen molar-refractivity contribution in [1.29, 1.82) is 0 Å². The molecule has 1 fully saturated rings. The molecule has 18 heavy (non-hydrogen) atoms. The number of rotatable bonds is 5. The van der Waals surface area contributed by atoms with Gasteiger partial charge in [-0.25, -0.2) is 0 Å². The van der Waals surface area contributed by atoms with Crippen molar-refractivity contribution in [2.24, 2.45) is 5.92 Å². The first kappa shape index (κ1) is 13.3. The number of thioether (sulfide) groups is 1. The summed E-state index contributed by atoms with van der Waals surface area (Å²) in [6, 6.07) is 4.29. The first-order valence-corrected chi connectivity index (χ1v) is 7.54. The number of nitrogen functional groups attached to an aromatic ring is 1. The van der Waals surface area contributed by atoms with Crippen LogP contribution in [-0.2, 0) is 0 Å². The number of pyridine rings is 1. The fraction of sp³-hybridized carbons (Fsp3) is 0.615. The van der Waals surface area contributed by atoms with Gasteiger partial charge in [-0.15, -0.1) is 0 Å². The van der Waals surface area contributed by atoms with Gasteiger partial charge in [-0.05, 0) is 30.2 Å². The van der Waals surface area contributed by atoms with E-state index in [1.165, 1.54) is 12.2 Å². The van der Waals surface area contributed by atoms with E-state index in [1.807, 2.05) is 23.9 Å². The summed E-state index contributed by atoms with van der Waals surface area (Å²) in [5.74, 6) is 4.24. The Balaban J connectivity index is 2.00. The number of nitrogens with two attached hydrogens (primary N) is 1. The van der Waals surface area contributed by atoms with E-state index in [1.54, 1.807) is 0 Å².